The molecule has 0 atom stereocenters. The monoisotopic (exact) mass is 457 g/mol. The van der Waals surface area contributed by atoms with E-state index in [4.69, 9.17) is 39.9 Å². The lowest BCUT2D eigenvalue weighted by Gasteiger charge is -2.34. The second-order valence-electron chi connectivity index (χ2n) is 8.16. The Balaban J connectivity index is 1.93. The fourth-order valence-corrected chi connectivity index (χ4v) is 3.45. The molecule has 3 rings (SSSR count). The average Bonchev–Trinajstić information content (AvgIpc) is 2.67. The van der Waals surface area contributed by atoms with Gasteiger partial charge in [0.25, 0.3) is 0 Å². The van der Waals surface area contributed by atoms with Crippen molar-refractivity contribution in [2.75, 3.05) is 44.2 Å². The van der Waals surface area contributed by atoms with Crippen LogP contribution in [0, 0.1) is 0 Å². The zero-order chi connectivity index (χ0) is 21.2. The second-order valence-corrected chi connectivity index (χ2v) is 10.4. The summed E-state index contributed by atoms with van der Waals surface area (Å²) in [6.07, 6.45) is 0. The van der Waals surface area contributed by atoms with Gasteiger partial charge >= 0.3 is 0 Å². The number of aliphatic hydroxyl groups is 1. The van der Waals surface area contributed by atoms with E-state index in [2.05, 4.69) is 57.7 Å². The van der Waals surface area contributed by atoms with Crippen LogP contribution in [0.2, 0.25) is 0 Å². The van der Waals surface area contributed by atoms with Crippen LogP contribution in [0.5, 0.6) is 0 Å². The van der Waals surface area contributed by atoms with Crippen molar-refractivity contribution in [1.82, 2.24) is 19.9 Å². The lowest BCUT2D eigenvalue weighted by Crippen LogP contribution is -2.48. The first-order chi connectivity index (χ1) is 13.6. The maximum Gasteiger partial charge on any atom is 0.250 e. The second kappa shape index (κ2) is 8.90. The number of hydrogen-bond acceptors (Lipinski definition) is 6. The largest absolute Gasteiger partial charge is 0.395 e. The van der Waals surface area contributed by atoms with E-state index in [-0.39, 0.29) is 17.8 Å². The summed E-state index contributed by atoms with van der Waals surface area (Å²) in [7, 11) is 0. The summed E-state index contributed by atoms with van der Waals surface area (Å²) in [5.41, 5.74) is 2.12. The Morgan fingerprint density at radius 3 is 2.07 bits per heavy atom. The Morgan fingerprint density at radius 1 is 0.931 bits per heavy atom. The number of aromatic nitrogens is 3. The molecule has 0 amide bonds. The zero-order valence-electron chi connectivity index (χ0n) is 16.9. The van der Waals surface area contributed by atoms with E-state index in [9.17, 15) is 0 Å². The van der Waals surface area contributed by atoms with Crippen molar-refractivity contribution in [2.45, 2.75) is 30.0 Å². The number of hydrogen-bond donors (Lipinski definition) is 1. The summed E-state index contributed by atoms with van der Waals surface area (Å²) in [4.78, 5) is 17.8. The highest BCUT2D eigenvalue weighted by Crippen LogP contribution is 2.37. The van der Waals surface area contributed by atoms with Crippen LogP contribution in [0.1, 0.15) is 32.2 Å². The minimum absolute atomic E-state index is 0.0553. The highest BCUT2D eigenvalue weighted by molar-refractivity contribution is 6.66. The first-order valence-electron chi connectivity index (χ1n) is 9.60. The first-order valence-corrected chi connectivity index (χ1v) is 10.7. The van der Waals surface area contributed by atoms with Crippen LogP contribution in [-0.2, 0) is 9.21 Å². The van der Waals surface area contributed by atoms with E-state index < -0.39 is 3.79 Å². The maximum atomic E-state index is 9.13. The van der Waals surface area contributed by atoms with Gasteiger partial charge in [0.15, 0.2) is 11.6 Å². The van der Waals surface area contributed by atoms with Crippen molar-refractivity contribution in [2.24, 2.45) is 0 Å². The molecule has 2 heterocycles. The van der Waals surface area contributed by atoms with E-state index >= 15 is 0 Å². The lowest BCUT2D eigenvalue weighted by atomic mass is 9.87. The topological polar surface area (TPSA) is 65.4 Å². The third-order valence-corrected chi connectivity index (χ3v) is 5.46. The molecule has 158 valence electrons. The summed E-state index contributed by atoms with van der Waals surface area (Å²) in [5, 5.41) is 9.13. The van der Waals surface area contributed by atoms with Crippen LogP contribution in [0.3, 0.4) is 0 Å². The third kappa shape index (κ3) is 5.70. The molecule has 1 aromatic heterocycles. The van der Waals surface area contributed by atoms with Gasteiger partial charge < -0.3 is 10.0 Å². The predicted octanol–water partition coefficient (Wildman–Crippen LogP) is 3.78. The van der Waals surface area contributed by atoms with Crippen molar-refractivity contribution >= 4 is 40.8 Å². The van der Waals surface area contributed by atoms with Crippen LogP contribution in [-0.4, -0.2) is 64.3 Å². The minimum Gasteiger partial charge on any atom is -0.395 e. The Labute approximate surface area is 186 Å². The van der Waals surface area contributed by atoms with E-state index in [0.29, 0.717) is 18.3 Å². The van der Waals surface area contributed by atoms with Crippen LogP contribution in [0.15, 0.2) is 24.3 Å². The lowest BCUT2D eigenvalue weighted by molar-refractivity contribution is 0.188. The molecule has 9 heteroatoms. The molecule has 2 aromatic rings. The Bertz CT molecular complexity index is 825. The van der Waals surface area contributed by atoms with Gasteiger partial charge in [0.2, 0.25) is 9.74 Å². The molecule has 0 aliphatic carbocycles. The summed E-state index contributed by atoms with van der Waals surface area (Å²) in [5.74, 6) is 1.09. The Morgan fingerprint density at radius 2 is 1.55 bits per heavy atom. The van der Waals surface area contributed by atoms with Crippen LogP contribution >= 0.6 is 34.8 Å². The van der Waals surface area contributed by atoms with Gasteiger partial charge in [-0.2, -0.15) is 9.97 Å². The maximum absolute atomic E-state index is 9.13. The molecule has 0 bridgehead atoms. The molecular formula is C20H26Cl3N5O. The molecule has 1 aromatic carbocycles. The molecule has 1 saturated heterocycles. The fraction of sp³-hybridized carbons (Fsp3) is 0.550. The Hall–Kier alpha value is -1.18. The van der Waals surface area contributed by atoms with Gasteiger partial charge in [0.05, 0.1) is 6.61 Å². The van der Waals surface area contributed by atoms with E-state index in [1.807, 2.05) is 12.1 Å². The standard InChI is InChI=1S/C20H26Cl3N5O/c1-19(2,3)15-6-4-14(5-7-15)16-24-17(20(21,22)23)26-18(25-16)28-10-8-27(9-11-28)12-13-29/h4-7,29H,8-13H2,1-3H3. The van der Waals surface area contributed by atoms with Crippen molar-refractivity contribution in [3.63, 3.8) is 0 Å². The van der Waals surface area contributed by atoms with Gasteiger partial charge in [0, 0.05) is 38.3 Å². The summed E-state index contributed by atoms with van der Waals surface area (Å²) in [6.45, 7) is 10.4. The summed E-state index contributed by atoms with van der Waals surface area (Å²) in [6, 6.07) is 8.12. The molecular weight excluding hydrogens is 433 g/mol. The van der Waals surface area contributed by atoms with Crippen molar-refractivity contribution < 1.29 is 5.11 Å². The molecule has 0 spiro atoms. The molecule has 1 aliphatic rings. The number of halogens is 3. The number of rotatable bonds is 4. The molecule has 0 unspecified atom stereocenters. The molecule has 1 N–H and O–H groups in total. The van der Waals surface area contributed by atoms with Gasteiger partial charge in [-0.05, 0) is 11.0 Å². The van der Waals surface area contributed by atoms with E-state index in [1.54, 1.807) is 0 Å². The van der Waals surface area contributed by atoms with Crippen molar-refractivity contribution in [3.8, 4) is 11.4 Å². The number of alkyl halides is 3. The average molecular weight is 459 g/mol. The molecule has 6 nitrogen and oxygen atoms in total. The smallest absolute Gasteiger partial charge is 0.250 e. The number of aliphatic hydroxyl groups excluding tert-OH is 1. The SMILES string of the molecule is CC(C)(C)c1ccc(-c2nc(N3CCN(CCO)CC3)nc(C(Cl)(Cl)Cl)n2)cc1. The molecule has 0 radical (unpaired) electrons. The van der Waals surface area contributed by atoms with Gasteiger partial charge in [-0.15, -0.1) is 0 Å². The van der Waals surface area contributed by atoms with Crippen molar-refractivity contribution in [1.29, 1.82) is 0 Å². The highest BCUT2D eigenvalue weighted by Gasteiger charge is 2.30. The number of anilines is 1. The normalized spacial score (nSPS) is 16.3. The first kappa shape index (κ1) is 22.5. The van der Waals surface area contributed by atoms with Crippen LogP contribution in [0.4, 0.5) is 5.95 Å². The van der Waals surface area contributed by atoms with Crippen molar-refractivity contribution in [3.05, 3.63) is 35.7 Å². The molecule has 29 heavy (non-hydrogen) atoms. The molecule has 1 aliphatic heterocycles. The number of β-amino-alcohol motifs (C(OH)–C–C–N with tert-alkyl or cyclic N) is 1. The zero-order valence-corrected chi connectivity index (χ0v) is 19.1. The highest BCUT2D eigenvalue weighted by atomic mass is 35.6. The summed E-state index contributed by atoms with van der Waals surface area (Å²) >= 11 is 18.3. The number of piperazine rings is 1. The minimum atomic E-state index is -1.74. The predicted molar refractivity (Wildman–Crippen MR) is 119 cm³/mol. The number of benzene rings is 1. The fourth-order valence-electron chi connectivity index (χ4n) is 3.19. The van der Waals surface area contributed by atoms with Gasteiger partial charge in [0.1, 0.15) is 0 Å². The molecule has 1 fully saturated rings. The number of nitrogens with zero attached hydrogens (tertiary/aromatic N) is 5. The summed E-state index contributed by atoms with van der Waals surface area (Å²) < 4.78 is -1.74. The van der Waals surface area contributed by atoms with Crippen LogP contribution in [0.25, 0.3) is 11.4 Å². The quantitative estimate of drug-likeness (QED) is 0.704. The van der Waals surface area contributed by atoms with E-state index in [1.165, 1.54) is 5.56 Å². The third-order valence-electron chi connectivity index (χ3n) is 4.96. The van der Waals surface area contributed by atoms with Gasteiger partial charge in [-0.25, -0.2) is 4.98 Å². The van der Waals surface area contributed by atoms with Gasteiger partial charge in [-0.1, -0.05) is 79.8 Å². The van der Waals surface area contributed by atoms with Crippen LogP contribution < -0.4 is 4.90 Å². The molecule has 0 saturated carbocycles. The Kier molecular flexibility index (Phi) is 6.91. The van der Waals surface area contributed by atoms with Gasteiger partial charge in [-0.3, -0.25) is 4.90 Å². The van der Waals surface area contributed by atoms with E-state index in [0.717, 1.165) is 31.7 Å².